The van der Waals surface area contributed by atoms with Gasteiger partial charge >= 0.3 is 0 Å². The summed E-state index contributed by atoms with van der Waals surface area (Å²) < 4.78 is 28.5. The molecule has 2 aromatic carbocycles. The molecule has 0 atom stereocenters. The maximum Gasteiger partial charge on any atom is 0.242 e. The van der Waals surface area contributed by atoms with Crippen molar-refractivity contribution >= 4 is 26.9 Å². The van der Waals surface area contributed by atoms with E-state index < -0.39 is 10.0 Å². The lowest BCUT2D eigenvalue weighted by Gasteiger charge is -2.17. The van der Waals surface area contributed by atoms with Gasteiger partial charge in [0.2, 0.25) is 10.0 Å². The van der Waals surface area contributed by atoms with Gasteiger partial charge in [-0.2, -0.15) is 0 Å². The smallest absolute Gasteiger partial charge is 0.242 e. The molecule has 0 spiro atoms. The number of hydrogen-bond donors (Lipinski definition) is 2. The standard InChI is InChI=1S/C22H29N5O2S/c1-23-22(24-14-8-15-27-16-13-18-9-4-6-11-20(18)27)25-17-19-10-5-7-12-21(19)30(28,29)26(2)3/h4-7,9-13,16H,8,14-15,17H2,1-3H3,(H2,23,24,25). The Balaban J connectivity index is 1.54. The number of guanidine groups is 1. The van der Waals surface area contributed by atoms with Crippen LogP contribution in [-0.2, 0) is 23.1 Å². The van der Waals surface area contributed by atoms with Crippen molar-refractivity contribution in [2.24, 2.45) is 4.99 Å². The molecule has 1 aromatic heterocycles. The summed E-state index contributed by atoms with van der Waals surface area (Å²) in [6.45, 7) is 2.02. The molecule has 0 amide bonds. The van der Waals surface area contributed by atoms with Crippen molar-refractivity contribution in [1.29, 1.82) is 0 Å². The summed E-state index contributed by atoms with van der Waals surface area (Å²) in [5.41, 5.74) is 1.94. The van der Waals surface area contributed by atoms with Crippen LogP contribution in [0.25, 0.3) is 10.9 Å². The second-order valence-corrected chi connectivity index (χ2v) is 9.29. The molecular formula is C22H29N5O2S. The highest BCUT2D eigenvalue weighted by atomic mass is 32.2. The van der Waals surface area contributed by atoms with E-state index in [9.17, 15) is 8.42 Å². The minimum atomic E-state index is -3.50. The Morgan fingerprint density at radius 3 is 2.53 bits per heavy atom. The molecule has 0 saturated heterocycles. The highest BCUT2D eigenvalue weighted by Crippen LogP contribution is 2.18. The molecule has 0 aliphatic heterocycles. The lowest BCUT2D eigenvalue weighted by atomic mass is 10.2. The van der Waals surface area contributed by atoms with Gasteiger partial charge in [-0.25, -0.2) is 12.7 Å². The highest BCUT2D eigenvalue weighted by molar-refractivity contribution is 7.89. The first-order valence-electron chi connectivity index (χ1n) is 9.92. The van der Waals surface area contributed by atoms with Crippen LogP contribution in [0.5, 0.6) is 0 Å². The summed E-state index contributed by atoms with van der Waals surface area (Å²) in [6.07, 6.45) is 3.05. The Bertz CT molecular complexity index is 1120. The third kappa shape index (κ3) is 5.01. The minimum absolute atomic E-state index is 0.303. The lowest BCUT2D eigenvalue weighted by molar-refractivity contribution is 0.519. The second kappa shape index (κ2) is 9.77. The summed E-state index contributed by atoms with van der Waals surface area (Å²) in [4.78, 5) is 4.55. The fourth-order valence-electron chi connectivity index (χ4n) is 3.29. The molecule has 0 unspecified atom stereocenters. The van der Waals surface area contributed by atoms with Gasteiger partial charge in [-0.15, -0.1) is 0 Å². The number of sulfonamides is 1. The maximum atomic E-state index is 12.5. The Morgan fingerprint density at radius 1 is 1.03 bits per heavy atom. The van der Waals surface area contributed by atoms with E-state index in [0.29, 0.717) is 23.0 Å². The predicted octanol–water partition coefficient (Wildman–Crippen LogP) is 2.65. The van der Waals surface area contributed by atoms with Gasteiger partial charge < -0.3 is 15.2 Å². The average molecular weight is 428 g/mol. The second-order valence-electron chi connectivity index (χ2n) is 7.17. The first kappa shape index (κ1) is 21.9. The number of rotatable bonds is 8. The zero-order valence-corrected chi connectivity index (χ0v) is 18.5. The largest absolute Gasteiger partial charge is 0.356 e. The molecule has 2 N–H and O–H groups in total. The molecule has 7 nitrogen and oxygen atoms in total. The molecule has 3 rings (SSSR count). The van der Waals surface area contributed by atoms with Crippen LogP contribution in [-0.4, -0.2) is 50.9 Å². The number of nitrogens with zero attached hydrogens (tertiary/aromatic N) is 3. The normalized spacial score (nSPS) is 12.5. The van der Waals surface area contributed by atoms with Gasteiger partial charge in [0.15, 0.2) is 5.96 Å². The number of aliphatic imine (C=N–C) groups is 1. The van der Waals surface area contributed by atoms with Gasteiger partial charge in [-0.05, 0) is 35.6 Å². The summed E-state index contributed by atoms with van der Waals surface area (Å²) >= 11 is 0. The van der Waals surface area contributed by atoms with Crippen molar-refractivity contribution in [3.05, 3.63) is 66.4 Å². The number of aryl methyl sites for hydroxylation is 1. The van der Waals surface area contributed by atoms with Crippen LogP contribution in [0.3, 0.4) is 0 Å². The lowest BCUT2D eigenvalue weighted by Crippen LogP contribution is -2.38. The third-order valence-corrected chi connectivity index (χ3v) is 6.87. The maximum absolute atomic E-state index is 12.5. The van der Waals surface area contributed by atoms with Gasteiger partial charge in [0.1, 0.15) is 0 Å². The van der Waals surface area contributed by atoms with Crippen LogP contribution in [0.4, 0.5) is 0 Å². The number of nitrogens with one attached hydrogen (secondary N) is 2. The molecule has 0 bridgehead atoms. The molecule has 160 valence electrons. The van der Waals surface area contributed by atoms with E-state index >= 15 is 0 Å². The Hall–Kier alpha value is -2.84. The zero-order valence-electron chi connectivity index (χ0n) is 17.7. The number of benzene rings is 2. The van der Waals surface area contributed by atoms with E-state index in [2.05, 4.69) is 50.7 Å². The summed E-state index contributed by atoms with van der Waals surface area (Å²) in [6, 6.07) is 17.5. The van der Waals surface area contributed by atoms with Crippen LogP contribution >= 0.6 is 0 Å². The molecule has 1 heterocycles. The van der Waals surface area contributed by atoms with E-state index in [1.807, 2.05) is 18.2 Å². The molecular weight excluding hydrogens is 398 g/mol. The van der Waals surface area contributed by atoms with Crippen molar-refractivity contribution in [2.75, 3.05) is 27.7 Å². The van der Waals surface area contributed by atoms with Crippen molar-refractivity contribution < 1.29 is 8.42 Å². The average Bonchev–Trinajstić information content (AvgIpc) is 3.16. The fraction of sp³-hybridized carbons (Fsp3) is 0.318. The van der Waals surface area contributed by atoms with E-state index in [-0.39, 0.29) is 0 Å². The molecule has 0 saturated carbocycles. The van der Waals surface area contributed by atoms with E-state index in [1.165, 1.54) is 29.3 Å². The predicted molar refractivity (Wildman–Crippen MR) is 122 cm³/mol. The molecule has 3 aromatic rings. The van der Waals surface area contributed by atoms with Crippen LogP contribution in [0.1, 0.15) is 12.0 Å². The molecule has 0 fully saturated rings. The zero-order chi connectivity index (χ0) is 21.6. The van der Waals surface area contributed by atoms with Gasteiger partial charge in [-0.3, -0.25) is 4.99 Å². The van der Waals surface area contributed by atoms with Crippen molar-refractivity contribution in [3.8, 4) is 0 Å². The van der Waals surface area contributed by atoms with Gasteiger partial charge in [0.25, 0.3) is 0 Å². The minimum Gasteiger partial charge on any atom is -0.356 e. The van der Waals surface area contributed by atoms with Crippen LogP contribution in [0.2, 0.25) is 0 Å². The number of aromatic nitrogens is 1. The highest BCUT2D eigenvalue weighted by Gasteiger charge is 2.20. The van der Waals surface area contributed by atoms with Gasteiger partial charge in [0.05, 0.1) is 4.90 Å². The van der Waals surface area contributed by atoms with Gasteiger partial charge in [-0.1, -0.05) is 36.4 Å². The van der Waals surface area contributed by atoms with Crippen LogP contribution in [0.15, 0.2) is 70.7 Å². The van der Waals surface area contributed by atoms with E-state index in [1.54, 1.807) is 19.2 Å². The first-order valence-corrected chi connectivity index (χ1v) is 11.4. The summed E-state index contributed by atoms with van der Waals surface area (Å²) in [5.74, 6) is 0.643. The summed E-state index contributed by atoms with van der Waals surface area (Å²) in [5, 5.41) is 7.75. The fourth-order valence-corrected chi connectivity index (χ4v) is 4.41. The number of hydrogen-bond acceptors (Lipinski definition) is 3. The summed E-state index contributed by atoms with van der Waals surface area (Å²) in [7, 11) is 1.28. The topological polar surface area (TPSA) is 78.7 Å². The molecule has 30 heavy (non-hydrogen) atoms. The van der Waals surface area contributed by atoms with Crippen molar-refractivity contribution in [2.45, 2.75) is 24.4 Å². The third-order valence-electron chi connectivity index (χ3n) is 4.95. The number of para-hydroxylation sites is 1. The van der Waals surface area contributed by atoms with Crippen molar-refractivity contribution in [3.63, 3.8) is 0 Å². The van der Waals surface area contributed by atoms with E-state index in [0.717, 1.165) is 19.5 Å². The SMILES string of the molecule is CN=C(NCCCn1ccc2ccccc21)NCc1ccccc1S(=O)(=O)N(C)C. The first-order chi connectivity index (χ1) is 14.4. The van der Waals surface area contributed by atoms with Crippen LogP contribution < -0.4 is 10.6 Å². The van der Waals surface area contributed by atoms with E-state index in [4.69, 9.17) is 0 Å². The molecule has 0 radical (unpaired) electrons. The quantitative estimate of drug-likeness (QED) is 0.329. The Kier molecular flexibility index (Phi) is 7.12. The Morgan fingerprint density at radius 2 is 1.77 bits per heavy atom. The number of fused-ring (bicyclic) bond motifs is 1. The van der Waals surface area contributed by atoms with Gasteiger partial charge in [0, 0.05) is 52.5 Å². The Labute approximate surface area is 178 Å². The molecule has 0 aliphatic rings. The monoisotopic (exact) mass is 427 g/mol. The van der Waals surface area contributed by atoms with Crippen LogP contribution in [0, 0.1) is 0 Å². The van der Waals surface area contributed by atoms with Crippen molar-refractivity contribution in [1.82, 2.24) is 19.5 Å². The molecule has 0 aliphatic carbocycles. The molecule has 8 heteroatoms.